The zero-order valence-electron chi connectivity index (χ0n) is 14.3. The van der Waals surface area contributed by atoms with E-state index in [-0.39, 0.29) is 17.1 Å². The summed E-state index contributed by atoms with van der Waals surface area (Å²) in [6.07, 6.45) is -4.53. The zero-order valence-corrected chi connectivity index (χ0v) is 14.3. The highest BCUT2D eigenvalue weighted by molar-refractivity contribution is 6.03. The fourth-order valence-corrected chi connectivity index (χ4v) is 2.59. The normalized spacial score (nSPS) is 11.3. The van der Waals surface area contributed by atoms with Crippen molar-refractivity contribution in [2.45, 2.75) is 13.1 Å². The van der Waals surface area contributed by atoms with Crippen LogP contribution in [0.2, 0.25) is 0 Å². The number of rotatable bonds is 5. The summed E-state index contributed by atoms with van der Waals surface area (Å²) in [5.74, 6) is -0.236. The number of halogens is 3. The maximum absolute atomic E-state index is 13.2. The quantitative estimate of drug-likeness (QED) is 0.630. The van der Waals surface area contributed by atoms with Crippen molar-refractivity contribution in [1.29, 1.82) is 0 Å². The van der Waals surface area contributed by atoms with Crippen molar-refractivity contribution in [2.24, 2.45) is 0 Å². The maximum Gasteiger partial charge on any atom is 0.417 e. The fraction of sp³-hybridized carbons (Fsp3) is 0.150. The second kappa shape index (κ2) is 7.57. The van der Waals surface area contributed by atoms with Gasteiger partial charge in [-0.2, -0.15) is 13.2 Å². The Labute approximate surface area is 153 Å². The summed E-state index contributed by atoms with van der Waals surface area (Å²) in [4.78, 5) is 12.4. The molecule has 0 saturated carbocycles. The molecule has 3 rings (SSSR count). The summed E-state index contributed by atoms with van der Waals surface area (Å²) >= 11 is 0. The molecule has 140 valence electrons. The topological polar surface area (TPSA) is 51.5 Å². The summed E-state index contributed by atoms with van der Waals surface area (Å²) in [7, 11) is 0. The molecule has 27 heavy (non-hydrogen) atoms. The first-order chi connectivity index (χ1) is 12.9. The van der Waals surface area contributed by atoms with Gasteiger partial charge < -0.3 is 14.5 Å². The summed E-state index contributed by atoms with van der Waals surface area (Å²) in [6.45, 7) is 2.24. The molecule has 1 heterocycles. The molecule has 0 saturated heterocycles. The predicted octanol–water partition coefficient (Wildman–Crippen LogP) is 5.62. The number of amides is 1. The number of hydrogen-bond donors (Lipinski definition) is 1. The van der Waals surface area contributed by atoms with Crippen LogP contribution in [-0.2, 0) is 6.18 Å². The number of carbonyl (C=O) groups excluding carboxylic acids is 1. The van der Waals surface area contributed by atoms with Crippen LogP contribution in [0.1, 0.15) is 23.0 Å². The summed E-state index contributed by atoms with van der Waals surface area (Å²) in [6, 6.07) is 14.6. The molecule has 0 spiro atoms. The first-order valence-electron chi connectivity index (χ1n) is 8.19. The van der Waals surface area contributed by atoms with Crippen LogP contribution in [0.5, 0.6) is 5.75 Å². The molecule has 0 aliphatic carbocycles. The van der Waals surface area contributed by atoms with Crippen molar-refractivity contribution in [3.05, 3.63) is 72.0 Å². The van der Waals surface area contributed by atoms with Crippen molar-refractivity contribution < 1.29 is 27.1 Å². The maximum atomic E-state index is 13.2. The molecule has 4 nitrogen and oxygen atoms in total. The van der Waals surface area contributed by atoms with E-state index in [0.29, 0.717) is 18.0 Å². The Bertz CT molecular complexity index is 947. The Morgan fingerprint density at radius 3 is 2.48 bits per heavy atom. The monoisotopic (exact) mass is 375 g/mol. The van der Waals surface area contributed by atoms with E-state index in [1.165, 1.54) is 30.3 Å². The average Bonchev–Trinajstić information content (AvgIpc) is 3.13. The number of nitrogens with one attached hydrogen (secondary N) is 1. The smallest absolute Gasteiger partial charge is 0.417 e. The lowest BCUT2D eigenvalue weighted by molar-refractivity contribution is -0.137. The molecule has 7 heteroatoms. The van der Waals surface area contributed by atoms with Crippen LogP contribution in [0.15, 0.2) is 65.1 Å². The van der Waals surface area contributed by atoms with E-state index >= 15 is 0 Å². The van der Waals surface area contributed by atoms with E-state index in [1.54, 1.807) is 24.3 Å². The number of alkyl halides is 3. The molecule has 0 atom stereocenters. The van der Waals surface area contributed by atoms with Gasteiger partial charge >= 0.3 is 6.18 Å². The van der Waals surface area contributed by atoms with E-state index in [0.717, 1.165) is 6.07 Å². The molecular formula is C20H16F3NO3. The van der Waals surface area contributed by atoms with Crippen LogP contribution in [-0.4, -0.2) is 12.5 Å². The van der Waals surface area contributed by atoms with Gasteiger partial charge in [0.15, 0.2) is 5.76 Å². The molecule has 0 aliphatic heterocycles. The van der Waals surface area contributed by atoms with E-state index in [1.807, 2.05) is 6.92 Å². The van der Waals surface area contributed by atoms with Gasteiger partial charge in [-0.1, -0.05) is 30.3 Å². The lowest BCUT2D eigenvalue weighted by Crippen LogP contribution is -2.12. The predicted molar refractivity (Wildman–Crippen MR) is 94.7 cm³/mol. The number of benzene rings is 2. The third kappa shape index (κ3) is 4.13. The fourth-order valence-electron chi connectivity index (χ4n) is 2.59. The number of para-hydroxylation sites is 2. The zero-order chi connectivity index (χ0) is 19.4. The highest BCUT2D eigenvalue weighted by Crippen LogP contribution is 2.37. The average molecular weight is 375 g/mol. The van der Waals surface area contributed by atoms with E-state index < -0.39 is 17.6 Å². The number of ether oxygens (including phenoxy) is 1. The Kier molecular flexibility index (Phi) is 5.21. The minimum Gasteiger partial charge on any atom is -0.492 e. The van der Waals surface area contributed by atoms with Gasteiger partial charge in [0.05, 0.1) is 17.9 Å². The van der Waals surface area contributed by atoms with Crippen molar-refractivity contribution in [3.63, 3.8) is 0 Å². The lowest BCUT2D eigenvalue weighted by atomic mass is 10.1. The van der Waals surface area contributed by atoms with Crippen LogP contribution < -0.4 is 10.1 Å². The highest BCUT2D eigenvalue weighted by Gasteiger charge is 2.34. The van der Waals surface area contributed by atoms with Gasteiger partial charge in [-0.05, 0) is 37.3 Å². The third-order valence-electron chi connectivity index (χ3n) is 3.76. The molecule has 0 unspecified atom stereocenters. The van der Waals surface area contributed by atoms with E-state index in [9.17, 15) is 18.0 Å². The van der Waals surface area contributed by atoms with E-state index in [4.69, 9.17) is 9.15 Å². The number of furan rings is 1. The van der Waals surface area contributed by atoms with Crippen LogP contribution in [0, 0.1) is 0 Å². The molecular weight excluding hydrogens is 359 g/mol. The number of hydrogen-bond acceptors (Lipinski definition) is 3. The Morgan fingerprint density at radius 2 is 1.74 bits per heavy atom. The first-order valence-corrected chi connectivity index (χ1v) is 8.19. The summed E-state index contributed by atoms with van der Waals surface area (Å²) in [5.41, 5.74) is -0.509. The molecule has 3 aromatic rings. The van der Waals surface area contributed by atoms with Crippen molar-refractivity contribution >= 4 is 11.6 Å². The van der Waals surface area contributed by atoms with Crippen molar-refractivity contribution in [2.75, 3.05) is 11.9 Å². The molecule has 0 aliphatic rings. The number of anilines is 1. The first kappa shape index (κ1) is 18.6. The van der Waals surface area contributed by atoms with Crippen LogP contribution in [0.25, 0.3) is 11.3 Å². The lowest BCUT2D eigenvalue weighted by Gasteiger charge is -2.11. The van der Waals surface area contributed by atoms with Gasteiger partial charge in [-0.25, -0.2) is 0 Å². The molecule has 0 bridgehead atoms. The van der Waals surface area contributed by atoms with Gasteiger partial charge in [-0.15, -0.1) is 0 Å². The van der Waals surface area contributed by atoms with Gasteiger partial charge in [0.25, 0.3) is 5.91 Å². The van der Waals surface area contributed by atoms with Crippen LogP contribution in [0.4, 0.5) is 18.9 Å². The Balaban J connectivity index is 1.86. The number of carbonyl (C=O) groups is 1. The standard InChI is InChI=1S/C20H16F3NO3/c1-2-26-17-10-6-5-9-15(17)24-19(25)18-12-11-16(27-18)13-7-3-4-8-14(13)20(21,22)23/h3-12H,2H2,1H3,(H,24,25). The minimum atomic E-state index is -4.53. The third-order valence-corrected chi connectivity index (χ3v) is 3.76. The highest BCUT2D eigenvalue weighted by atomic mass is 19.4. The Morgan fingerprint density at radius 1 is 1.04 bits per heavy atom. The molecule has 1 aromatic heterocycles. The molecule has 0 radical (unpaired) electrons. The molecule has 1 N–H and O–H groups in total. The summed E-state index contributed by atoms with van der Waals surface area (Å²) < 4.78 is 50.3. The molecule has 2 aromatic carbocycles. The van der Waals surface area contributed by atoms with Crippen molar-refractivity contribution in [1.82, 2.24) is 0 Å². The molecule has 0 fully saturated rings. The minimum absolute atomic E-state index is 0.0360. The van der Waals surface area contributed by atoms with Crippen molar-refractivity contribution in [3.8, 4) is 17.1 Å². The van der Waals surface area contributed by atoms with Crippen LogP contribution in [0.3, 0.4) is 0 Å². The molecule has 1 amide bonds. The Hall–Kier alpha value is -3.22. The van der Waals surface area contributed by atoms with E-state index in [2.05, 4.69) is 5.32 Å². The second-order valence-electron chi connectivity index (χ2n) is 5.59. The van der Waals surface area contributed by atoms with Gasteiger partial charge in [0.2, 0.25) is 0 Å². The SMILES string of the molecule is CCOc1ccccc1NC(=O)c1ccc(-c2ccccc2C(F)(F)F)o1. The van der Waals surface area contributed by atoms with Gasteiger partial charge in [0, 0.05) is 5.56 Å². The second-order valence-corrected chi connectivity index (χ2v) is 5.59. The van der Waals surface area contributed by atoms with Gasteiger partial charge in [-0.3, -0.25) is 4.79 Å². The van der Waals surface area contributed by atoms with Crippen LogP contribution >= 0.6 is 0 Å². The summed E-state index contributed by atoms with van der Waals surface area (Å²) in [5, 5.41) is 2.64. The van der Waals surface area contributed by atoms with Gasteiger partial charge in [0.1, 0.15) is 11.5 Å². The largest absolute Gasteiger partial charge is 0.492 e.